The fourth-order valence-corrected chi connectivity index (χ4v) is 3.50. The number of anilines is 1. The van der Waals surface area contributed by atoms with Crippen molar-refractivity contribution in [1.29, 1.82) is 0 Å². The minimum atomic E-state index is -0.540. The summed E-state index contributed by atoms with van der Waals surface area (Å²) < 4.78 is 15.5. The summed E-state index contributed by atoms with van der Waals surface area (Å²) in [6, 6.07) is 10.1. The molecule has 30 heavy (non-hydrogen) atoms. The Labute approximate surface area is 174 Å². The lowest BCUT2D eigenvalue weighted by molar-refractivity contribution is -0.385. The minimum absolute atomic E-state index is 0.000712. The summed E-state index contributed by atoms with van der Waals surface area (Å²) in [5.74, 6) is 0.977. The number of rotatable bonds is 6. The fourth-order valence-electron chi connectivity index (χ4n) is 2.78. The van der Waals surface area contributed by atoms with Gasteiger partial charge in [-0.05, 0) is 36.4 Å². The van der Waals surface area contributed by atoms with Crippen molar-refractivity contribution in [3.63, 3.8) is 0 Å². The first-order chi connectivity index (χ1) is 14.5. The van der Waals surface area contributed by atoms with E-state index in [9.17, 15) is 14.9 Å². The van der Waals surface area contributed by atoms with Crippen molar-refractivity contribution in [3.05, 3.63) is 63.5 Å². The van der Waals surface area contributed by atoms with Crippen LogP contribution in [0, 0.1) is 10.1 Å². The van der Waals surface area contributed by atoms with E-state index in [1.807, 2.05) is 29.6 Å². The second-order valence-corrected chi connectivity index (χ2v) is 6.97. The zero-order valence-corrected chi connectivity index (χ0v) is 16.5. The van der Waals surface area contributed by atoms with Crippen molar-refractivity contribution in [2.45, 2.75) is 0 Å². The lowest BCUT2D eigenvalue weighted by Crippen LogP contribution is -2.07. The fraction of sp³-hybridized carbons (Fsp3) is 0.100. The molecule has 2 heterocycles. The number of thiazole rings is 1. The number of aromatic nitrogens is 1. The molecule has 0 radical (unpaired) electrons. The van der Waals surface area contributed by atoms with Crippen LogP contribution < -0.4 is 19.5 Å². The van der Waals surface area contributed by atoms with E-state index in [-0.39, 0.29) is 18.0 Å². The molecular formula is C20H15N3O6S. The Morgan fingerprint density at radius 3 is 2.70 bits per heavy atom. The van der Waals surface area contributed by atoms with E-state index < -0.39 is 10.8 Å². The van der Waals surface area contributed by atoms with Gasteiger partial charge in [0.25, 0.3) is 5.69 Å². The van der Waals surface area contributed by atoms with Gasteiger partial charge in [-0.15, -0.1) is 11.3 Å². The maximum atomic E-state index is 12.3. The lowest BCUT2D eigenvalue weighted by atomic mass is 10.1. The molecular weight excluding hydrogens is 410 g/mol. The second-order valence-electron chi connectivity index (χ2n) is 6.11. The third-order valence-electron chi connectivity index (χ3n) is 4.25. The van der Waals surface area contributed by atoms with Gasteiger partial charge in [-0.2, -0.15) is 0 Å². The molecule has 0 unspecified atom stereocenters. The molecule has 3 aromatic rings. The quantitative estimate of drug-likeness (QED) is 0.359. The van der Waals surface area contributed by atoms with Crippen molar-refractivity contribution < 1.29 is 23.9 Å². The number of carbonyl (C=O) groups is 1. The largest absolute Gasteiger partial charge is 0.497 e. The highest BCUT2D eigenvalue weighted by Gasteiger charge is 2.22. The summed E-state index contributed by atoms with van der Waals surface area (Å²) in [6.45, 7) is 0.000712. The van der Waals surface area contributed by atoms with E-state index in [1.165, 1.54) is 35.6 Å². The van der Waals surface area contributed by atoms with Crippen LogP contribution in [0.3, 0.4) is 0 Å². The van der Waals surface area contributed by atoms with Gasteiger partial charge in [-0.1, -0.05) is 0 Å². The van der Waals surface area contributed by atoms with Gasteiger partial charge in [0, 0.05) is 17.0 Å². The summed E-state index contributed by atoms with van der Waals surface area (Å²) in [5, 5.41) is 16.2. The highest BCUT2D eigenvalue weighted by molar-refractivity contribution is 7.14. The van der Waals surface area contributed by atoms with Gasteiger partial charge in [0.1, 0.15) is 5.75 Å². The molecule has 0 saturated carbocycles. The van der Waals surface area contributed by atoms with Crippen LogP contribution in [0.15, 0.2) is 47.9 Å². The van der Waals surface area contributed by atoms with Crippen LogP contribution in [-0.4, -0.2) is 29.7 Å². The number of nitro benzene ring substituents is 1. The van der Waals surface area contributed by atoms with Crippen LogP contribution in [0.5, 0.6) is 17.2 Å². The summed E-state index contributed by atoms with van der Waals surface area (Å²) in [6.07, 6.45) is 2.56. The molecule has 0 atom stereocenters. The Kier molecular flexibility index (Phi) is 5.31. The normalized spacial score (nSPS) is 12.2. The number of ether oxygens (including phenoxy) is 3. The molecule has 0 spiro atoms. The Hall–Kier alpha value is -3.92. The average Bonchev–Trinajstić information content (AvgIpc) is 3.40. The molecule has 10 heteroatoms. The Balaban J connectivity index is 1.47. The number of nitrogens with zero attached hydrogens (tertiary/aromatic N) is 2. The van der Waals surface area contributed by atoms with Gasteiger partial charge in [0.15, 0.2) is 16.6 Å². The molecule has 0 bridgehead atoms. The van der Waals surface area contributed by atoms with Crippen molar-refractivity contribution in [2.24, 2.45) is 0 Å². The predicted molar refractivity (Wildman–Crippen MR) is 111 cm³/mol. The molecule has 2 aromatic carbocycles. The number of nitrogens with one attached hydrogen (secondary N) is 1. The first-order valence-electron chi connectivity index (χ1n) is 8.70. The molecule has 0 fully saturated rings. The molecule has 1 aliphatic rings. The highest BCUT2D eigenvalue weighted by Crippen LogP contribution is 2.38. The summed E-state index contributed by atoms with van der Waals surface area (Å²) in [4.78, 5) is 27.4. The summed E-state index contributed by atoms with van der Waals surface area (Å²) >= 11 is 1.28. The highest BCUT2D eigenvalue weighted by atomic mass is 32.1. The molecule has 0 aliphatic carbocycles. The van der Waals surface area contributed by atoms with E-state index in [0.29, 0.717) is 22.3 Å². The van der Waals surface area contributed by atoms with E-state index in [1.54, 1.807) is 7.11 Å². The minimum Gasteiger partial charge on any atom is -0.497 e. The Morgan fingerprint density at radius 1 is 1.27 bits per heavy atom. The number of hydrogen-bond acceptors (Lipinski definition) is 8. The molecule has 1 aliphatic heterocycles. The molecule has 152 valence electrons. The SMILES string of the molecule is COc1ccc(-c2csc(NC(=O)/C=C/c3cc4c(cc3[N+](=O)[O-])OCO4)n2)cc1. The average molecular weight is 425 g/mol. The molecule has 1 N–H and O–H groups in total. The van der Waals surface area contributed by atoms with Crippen molar-refractivity contribution in [1.82, 2.24) is 4.98 Å². The number of hydrogen-bond donors (Lipinski definition) is 1. The van der Waals surface area contributed by atoms with Crippen molar-refractivity contribution in [3.8, 4) is 28.5 Å². The topological polar surface area (TPSA) is 113 Å². The number of carbonyl (C=O) groups excluding carboxylic acids is 1. The molecule has 0 saturated heterocycles. The predicted octanol–water partition coefficient (Wildman–Crippen LogP) is 4.11. The van der Waals surface area contributed by atoms with Gasteiger partial charge in [0.05, 0.1) is 29.4 Å². The van der Waals surface area contributed by atoms with Crippen molar-refractivity contribution >= 4 is 34.1 Å². The molecule has 1 amide bonds. The summed E-state index contributed by atoms with van der Waals surface area (Å²) in [7, 11) is 1.59. The molecule has 1 aromatic heterocycles. The zero-order valence-electron chi connectivity index (χ0n) is 15.7. The smallest absolute Gasteiger partial charge is 0.280 e. The van der Waals surface area contributed by atoms with E-state index in [4.69, 9.17) is 14.2 Å². The van der Waals surface area contributed by atoms with Gasteiger partial charge in [-0.25, -0.2) is 4.98 Å². The van der Waals surface area contributed by atoms with E-state index >= 15 is 0 Å². The lowest BCUT2D eigenvalue weighted by Gasteiger charge is -2.01. The molecule has 4 rings (SSSR count). The van der Waals surface area contributed by atoms with Crippen LogP contribution in [-0.2, 0) is 4.79 Å². The van der Waals surface area contributed by atoms with Crippen LogP contribution in [0.1, 0.15) is 5.56 Å². The Bertz CT molecular complexity index is 1140. The third kappa shape index (κ3) is 4.08. The number of benzene rings is 2. The summed E-state index contributed by atoms with van der Waals surface area (Å²) in [5.41, 5.74) is 1.66. The maximum Gasteiger partial charge on any atom is 0.280 e. The van der Waals surface area contributed by atoms with E-state index in [2.05, 4.69) is 10.3 Å². The van der Waals surface area contributed by atoms with Gasteiger partial charge >= 0.3 is 0 Å². The number of amides is 1. The van der Waals surface area contributed by atoms with Crippen molar-refractivity contribution in [2.75, 3.05) is 19.2 Å². The van der Waals surface area contributed by atoms with Crippen LogP contribution >= 0.6 is 11.3 Å². The number of nitro groups is 1. The van der Waals surface area contributed by atoms with E-state index in [0.717, 1.165) is 11.3 Å². The third-order valence-corrected chi connectivity index (χ3v) is 5.01. The first-order valence-corrected chi connectivity index (χ1v) is 9.58. The van der Waals surface area contributed by atoms with Gasteiger partial charge in [-0.3, -0.25) is 20.2 Å². The van der Waals surface area contributed by atoms with Gasteiger partial charge in [0.2, 0.25) is 12.7 Å². The number of fused-ring (bicyclic) bond motifs is 1. The standard InChI is InChI=1S/C20H15N3O6S/c1-27-14-5-2-12(3-6-14)15-10-30-20(21-15)22-19(24)7-4-13-8-17-18(29-11-28-17)9-16(13)23(25)26/h2-10H,11H2,1H3,(H,21,22,24)/b7-4+. The van der Waals surface area contributed by atoms with Crippen LogP contribution in [0.4, 0.5) is 10.8 Å². The Morgan fingerprint density at radius 2 is 2.00 bits per heavy atom. The van der Waals surface area contributed by atoms with Gasteiger partial charge < -0.3 is 14.2 Å². The number of methoxy groups -OCH3 is 1. The van der Waals surface area contributed by atoms with Crippen LogP contribution in [0.25, 0.3) is 17.3 Å². The first kappa shape index (κ1) is 19.4. The monoisotopic (exact) mass is 425 g/mol. The zero-order chi connectivity index (χ0) is 21.1. The maximum absolute atomic E-state index is 12.3. The van der Waals surface area contributed by atoms with Crippen LogP contribution in [0.2, 0.25) is 0 Å². The second kappa shape index (κ2) is 8.21. The molecule has 9 nitrogen and oxygen atoms in total.